The first kappa shape index (κ1) is 14.5. The maximum Gasteiger partial charge on any atom is 0.0122 e. The molecule has 0 spiro atoms. The normalized spacial score (nSPS) is 33.2. The number of nitrogens with zero attached hydrogens (tertiary/aromatic N) is 1. The molecule has 2 rings (SSSR count). The Hall–Kier alpha value is 0.500. The largest absolute Gasteiger partial charge is 0.314 e. The third-order valence-electron chi connectivity index (χ3n) is 3.25. The first-order valence-electron chi connectivity index (χ1n) is 5.33. The Labute approximate surface area is 99.6 Å². The fourth-order valence-corrected chi connectivity index (χ4v) is 2.54. The molecule has 2 heterocycles. The molecule has 2 atom stereocenters. The van der Waals surface area contributed by atoms with E-state index in [1.165, 1.54) is 45.3 Å². The summed E-state index contributed by atoms with van der Waals surface area (Å²) in [6, 6.07) is 1.63. The SMILES string of the molecule is C[C@@H]1C[C@@H](N2CCCC2)CCN1.Cl.Cl. The van der Waals surface area contributed by atoms with E-state index in [9.17, 15) is 0 Å². The van der Waals surface area contributed by atoms with Crippen LogP contribution in [0.4, 0.5) is 0 Å². The quantitative estimate of drug-likeness (QED) is 0.756. The van der Waals surface area contributed by atoms with Crippen LogP contribution in [0.1, 0.15) is 32.6 Å². The fourth-order valence-electron chi connectivity index (χ4n) is 2.54. The Morgan fingerprint density at radius 3 is 2.36 bits per heavy atom. The second kappa shape index (κ2) is 6.89. The molecule has 0 aromatic rings. The van der Waals surface area contributed by atoms with E-state index in [2.05, 4.69) is 17.1 Å². The average Bonchev–Trinajstić information content (AvgIpc) is 2.56. The highest BCUT2D eigenvalue weighted by molar-refractivity contribution is 5.85. The molecule has 0 bridgehead atoms. The van der Waals surface area contributed by atoms with Crippen LogP contribution in [-0.4, -0.2) is 36.6 Å². The molecule has 0 unspecified atom stereocenters. The number of nitrogens with one attached hydrogen (secondary N) is 1. The predicted molar refractivity (Wildman–Crippen MR) is 65.8 cm³/mol. The van der Waals surface area contributed by atoms with Gasteiger partial charge in [0.05, 0.1) is 0 Å². The third-order valence-corrected chi connectivity index (χ3v) is 3.25. The van der Waals surface area contributed by atoms with Gasteiger partial charge in [0.25, 0.3) is 0 Å². The van der Waals surface area contributed by atoms with Crippen molar-refractivity contribution in [3.05, 3.63) is 0 Å². The highest BCUT2D eigenvalue weighted by Gasteiger charge is 2.25. The zero-order chi connectivity index (χ0) is 8.39. The molecule has 0 saturated carbocycles. The van der Waals surface area contributed by atoms with Crippen LogP contribution in [0.15, 0.2) is 0 Å². The van der Waals surface area contributed by atoms with Crippen molar-refractivity contribution in [1.29, 1.82) is 0 Å². The number of rotatable bonds is 1. The molecule has 2 fully saturated rings. The van der Waals surface area contributed by atoms with Crippen molar-refractivity contribution in [3.63, 3.8) is 0 Å². The van der Waals surface area contributed by atoms with Crippen LogP contribution in [0.5, 0.6) is 0 Å². The minimum atomic E-state index is 0. The van der Waals surface area contributed by atoms with E-state index >= 15 is 0 Å². The number of hydrogen-bond donors (Lipinski definition) is 1. The first-order chi connectivity index (χ1) is 5.86. The molecular formula is C10H22Cl2N2. The molecule has 0 aliphatic carbocycles. The van der Waals surface area contributed by atoms with Gasteiger partial charge in [0.1, 0.15) is 0 Å². The average molecular weight is 241 g/mol. The number of likely N-dealkylation sites (tertiary alicyclic amines) is 1. The summed E-state index contributed by atoms with van der Waals surface area (Å²) in [6.45, 7) is 6.25. The molecule has 2 saturated heterocycles. The molecule has 0 amide bonds. The molecule has 4 heteroatoms. The zero-order valence-corrected chi connectivity index (χ0v) is 10.5. The van der Waals surface area contributed by atoms with Crippen molar-refractivity contribution in [2.75, 3.05) is 19.6 Å². The van der Waals surface area contributed by atoms with Gasteiger partial charge in [-0.15, -0.1) is 24.8 Å². The topological polar surface area (TPSA) is 15.3 Å². The van der Waals surface area contributed by atoms with Gasteiger partial charge in [-0.25, -0.2) is 0 Å². The summed E-state index contributed by atoms with van der Waals surface area (Å²) in [5.74, 6) is 0. The van der Waals surface area contributed by atoms with Crippen LogP contribution in [0, 0.1) is 0 Å². The van der Waals surface area contributed by atoms with E-state index in [1.54, 1.807) is 0 Å². The van der Waals surface area contributed by atoms with Gasteiger partial charge < -0.3 is 10.2 Å². The van der Waals surface area contributed by atoms with Gasteiger partial charge in [0.15, 0.2) is 0 Å². The summed E-state index contributed by atoms with van der Waals surface area (Å²) in [4.78, 5) is 2.69. The van der Waals surface area contributed by atoms with E-state index in [1.807, 2.05) is 0 Å². The lowest BCUT2D eigenvalue weighted by Gasteiger charge is -2.34. The Morgan fingerprint density at radius 2 is 1.79 bits per heavy atom. The summed E-state index contributed by atoms with van der Waals surface area (Å²) < 4.78 is 0. The first-order valence-corrected chi connectivity index (χ1v) is 5.33. The van der Waals surface area contributed by atoms with Gasteiger partial charge in [0, 0.05) is 12.1 Å². The van der Waals surface area contributed by atoms with Crippen molar-refractivity contribution >= 4 is 24.8 Å². The van der Waals surface area contributed by atoms with Crippen molar-refractivity contribution in [3.8, 4) is 0 Å². The highest BCUT2D eigenvalue weighted by Crippen LogP contribution is 2.20. The molecule has 2 aliphatic rings. The molecule has 0 aromatic heterocycles. The van der Waals surface area contributed by atoms with Gasteiger partial charge in [0.2, 0.25) is 0 Å². The van der Waals surface area contributed by atoms with Crippen LogP contribution < -0.4 is 5.32 Å². The van der Waals surface area contributed by atoms with E-state index in [0.717, 1.165) is 12.1 Å². The van der Waals surface area contributed by atoms with Crippen molar-refractivity contribution in [1.82, 2.24) is 10.2 Å². The zero-order valence-electron chi connectivity index (χ0n) is 8.87. The molecule has 0 radical (unpaired) electrons. The third kappa shape index (κ3) is 3.58. The Balaban J connectivity index is 0.000000845. The van der Waals surface area contributed by atoms with E-state index < -0.39 is 0 Å². The molecule has 0 aromatic carbocycles. The summed E-state index contributed by atoms with van der Waals surface area (Å²) in [5.41, 5.74) is 0. The standard InChI is InChI=1S/C10H20N2.2ClH/c1-9-8-10(4-5-11-9)12-6-2-3-7-12;;/h9-11H,2-8H2,1H3;2*1H/t9-,10+;;/m1../s1. The smallest absolute Gasteiger partial charge is 0.0122 e. The second-order valence-electron chi connectivity index (χ2n) is 4.28. The van der Waals surface area contributed by atoms with Crippen molar-refractivity contribution in [2.45, 2.75) is 44.7 Å². The Bertz CT molecular complexity index is 149. The van der Waals surface area contributed by atoms with Gasteiger partial charge in [-0.05, 0) is 52.2 Å². The molecule has 1 N–H and O–H groups in total. The lowest BCUT2D eigenvalue weighted by Crippen LogP contribution is -2.45. The van der Waals surface area contributed by atoms with E-state index in [4.69, 9.17) is 0 Å². The number of piperidine rings is 1. The maximum atomic E-state index is 3.51. The van der Waals surface area contributed by atoms with E-state index in [-0.39, 0.29) is 24.8 Å². The van der Waals surface area contributed by atoms with Crippen LogP contribution in [0.3, 0.4) is 0 Å². The van der Waals surface area contributed by atoms with Gasteiger partial charge >= 0.3 is 0 Å². The molecule has 2 nitrogen and oxygen atoms in total. The van der Waals surface area contributed by atoms with Crippen LogP contribution in [-0.2, 0) is 0 Å². The van der Waals surface area contributed by atoms with Gasteiger partial charge in [-0.3, -0.25) is 0 Å². The van der Waals surface area contributed by atoms with Crippen LogP contribution in [0.25, 0.3) is 0 Å². The maximum absolute atomic E-state index is 3.51. The Kier molecular flexibility index (Phi) is 7.13. The summed E-state index contributed by atoms with van der Waals surface area (Å²) in [5, 5.41) is 3.51. The van der Waals surface area contributed by atoms with Crippen molar-refractivity contribution < 1.29 is 0 Å². The fraction of sp³-hybridized carbons (Fsp3) is 1.00. The van der Waals surface area contributed by atoms with Crippen LogP contribution >= 0.6 is 24.8 Å². The summed E-state index contributed by atoms with van der Waals surface area (Å²) >= 11 is 0. The number of hydrogen-bond acceptors (Lipinski definition) is 2. The number of halogens is 2. The second-order valence-corrected chi connectivity index (χ2v) is 4.28. The van der Waals surface area contributed by atoms with Crippen molar-refractivity contribution in [2.24, 2.45) is 0 Å². The molecule has 2 aliphatic heterocycles. The summed E-state index contributed by atoms with van der Waals surface area (Å²) in [7, 11) is 0. The lowest BCUT2D eigenvalue weighted by molar-refractivity contribution is 0.179. The monoisotopic (exact) mass is 240 g/mol. The predicted octanol–water partition coefficient (Wildman–Crippen LogP) is 2.07. The minimum Gasteiger partial charge on any atom is -0.314 e. The lowest BCUT2D eigenvalue weighted by atomic mass is 9.99. The molecule has 86 valence electrons. The van der Waals surface area contributed by atoms with Crippen LogP contribution in [0.2, 0.25) is 0 Å². The molecular weight excluding hydrogens is 219 g/mol. The van der Waals surface area contributed by atoms with Gasteiger partial charge in [-0.2, -0.15) is 0 Å². The highest BCUT2D eigenvalue weighted by atomic mass is 35.5. The summed E-state index contributed by atoms with van der Waals surface area (Å²) in [6.07, 6.45) is 5.58. The Morgan fingerprint density at radius 1 is 1.14 bits per heavy atom. The van der Waals surface area contributed by atoms with E-state index in [0.29, 0.717) is 0 Å². The van der Waals surface area contributed by atoms with Gasteiger partial charge in [-0.1, -0.05) is 0 Å². The minimum absolute atomic E-state index is 0. The molecule has 14 heavy (non-hydrogen) atoms.